The SMILES string of the molecule is O=C([O-])[C@H](O)C(O)[C@H](O)C[S+]1C[C@@H](O)[C@H](O)[C@H]1CO.O=C([O-])[C@H](O)[C@H](O)[C@H](O)C[S+]1C[C@H](O)[C@@H](O)[C@@H]1CO. The van der Waals surface area contributed by atoms with E-state index in [1.807, 2.05) is 0 Å². The van der Waals surface area contributed by atoms with E-state index in [-0.39, 0.29) is 23.0 Å². The van der Waals surface area contributed by atoms with Gasteiger partial charge in [0.1, 0.15) is 84.1 Å². The molecule has 0 aromatic rings. The van der Waals surface area contributed by atoms with Gasteiger partial charge in [-0.3, -0.25) is 0 Å². The van der Waals surface area contributed by atoms with Gasteiger partial charge >= 0.3 is 0 Å². The topological polar surface area (TPSA) is 323 Å². The third-order valence-electron chi connectivity index (χ3n) is 6.22. The van der Waals surface area contributed by atoms with E-state index in [4.69, 9.17) is 20.4 Å². The first kappa shape index (κ1) is 35.2. The van der Waals surface area contributed by atoms with Crippen molar-refractivity contribution < 1.29 is 81.1 Å². The van der Waals surface area contributed by atoms with E-state index in [2.05, 4.69) is 0 Å². The molecule has 2 aliphatic heterocycles. The number of carboxylic acids is 2. The highest BCUT2D eigenvalue weighted by Gasteiger charge is 2.52. The largest absolute Gasteiger partial charge is 0.547 e. The minimum absolute atomic E-state index is 0.134. The van der Waals surface area contributed by atoms with Gasteiger partial charge in [-0.1, -0.05) is 0 Å². The van der Waals surface area contributed by atoms with Crippen molar-refractivity contribution in [2.45, 2.75) is 71.5 Å². The molecule has 0 radical (unpaired) electrons. The Labute approximate surface area is 222 Å². The summed E-state index contributed by atoms with van der Waals surface area (Å²) in [4.78, 5) is 20.7. The third-order valence-corrected chi connectivity index (χ3v) is 11.9. The van der Waals surface area contributed by atoms with Crippen molar-refractivity contribution in [2.75, 3.05) is 36.2 Å². The first-order valence-corrected chi connectivity index (χ1v) is 14.6. The smallest absolute Gasteiger partial charge is 0.169 e. The molecule has 0 bridgehead atoms. The predicted octanol–water partition coefficient (Wildman–Crippen LogP) is -10.9. The van der Waals surface area contributed by atoms with E-state index in [9.17, 15) is 60.7 Å². The van der Waals surface area contributed by atoms with Crippen LogP contribution in [0.2, 0.25) is 0 Å². The second-order valence-electron chi connectivity index (χ2n) is 8.94. The maximum absolute atomic E-state index is 10.4. The first-order valence-electron chi connectivity index (χ1n) is 11.4. The molecular weight excluding hydrogens is 560 g/mol. The summed E-state index contributed by atoms with van der Waals surface area (Å²) in [5.74, 6) is -3.80. The maximum Gasteiger partial charge on any atom is 0.169 e. The van der Waals surface area contributed by atoms with Crippen molar-refractivity contribution in [3.63, 3.8) is 0 Å². The molecule has 0 saturated carbocycles. The summed E-state index contributed by atoms with van der Waals surface area (Å²) in [7, 11) is -1.58. The van der Waals surface area contributed by atoms with Crippen LogP contribution in [0.5, 0.6) is 0 Å². The van der Waals surface area contributed by atoms with Gasteiger partial charge in [-0.15, -0.1) is 0 Å². The molecular formula is C20H36O16S2. The van der Waals surface area contributed by atoms with Gasteiger partial charge < -0.3 is 81.1 Å². The number of carboxylic acid groups (broad SMARTS) is 2. The van der Waals surface area contributed by atoms with E-state index < -0.39 is 118 Å². The Morgan fingerprint density at radius 3 is 1.18 bits per heavy atom. The van der Waals surface area contributed by atoms with E-state index in [1.165, 1.54) is 0 Å². The zero-order valence-corrected chi connectivity index (χ0v) is 21.6. The first-order chi connectivity index (χ1) is 17.6. The molecule has 2 fully saturated rings. The molecule has 0 aromatic carbocycles. The Morgan fingerprint density at radius 1 is 0.658 bits per heavy atom. The van der Waals surface area contributed by atoms with Crippen molar-refractivity contribution in [3.05, 3.63) is 0 Å². The Hall–Kier alpha value is -0.840. The Bertz CT molecular complexity index is 688. The molecule has 0 aromatic heterocycles. The van der Waals surface area contributed by atoms with Crippen LogP contribution in [0.15, 0.2) is 0 Å². The molecule has 12 N–H and O–H groups in total. The number of rotatable bonds is 12. The molecule has 2 heterocycles. The summed E-state index contributed by atoms with van der Waals surface area (Å²) in [6.45, 7) is -0.791. The molecule has 0 spiro atoms. The zero-order chi connectivity index (χ0) is 29.5. The van der Waals surface area contributed by atoms with Crippen LogP contribution < -0.4 is 10.2 Å². The fourth-order valence-electron chi connectivity index (χ4n) is 3.92. The lowest BCUT2D eigenvalue weighted by atomic mass is 10.1. The molecule has 2 aliphatic rings. The number of hydrogen-bond donors (Lipinski definition) is 12. The number of carbonyl (C=O) groups excluding carboxylic acids is 2. The number of aliphatic hydroxyl groups excluding tert-OH is 12. The second-order valence-corrected chi connectivity index (χ2v) is 13.6. The molecule has 38 heavy (non-hydrogen) atoms. The highest BCUT2D eigenvalue weighted by atomic mass is 32.2. The predicted molar refractivity (Wildman–Crippen MR) is 126 cm³/mol. The zero-order valence-electron chi connectivity index (χ0n) is 20.0. The molecule has 0 aliphatic carbocycles. The maximum atomic E-state index is 10.4. The number of hydrogen-bond acceptors (Lipinski definition) is 16. The van der Waals surface area contributed by atoms with Gasteiger partial charge in [0.25, 0.3) is 0 Å². The van der Waals surface area contributed by atoms with Crippen LogP contribution >= 0.6 is 0 Å². The summed E-state index contributed by atoms with van der Waals surface area (Å²) in [6, 6.07) is 0. The molecule has 224 valence electrons. The second kappa shape index (κ2) is 15.8. The molecule has 3 unspecified atom stereocenters. The van der Waals surface area contributed by atoms with Crippen LogP contribution in [0, 0.1) is 0 Å². The fraction of sp³-hybridized carbons (Fsp3) is 0.900. The van der Waals surface area contributed by atoms with Gasteiger partial charge in [-0.2, -0.15) is 0 Å². The average Bonchev–Trinajstić information content (AvgIpc) is 3.29. The van der Waals surface area contributed by atoms with Crippen molar-refractivity contribution in [1.82, 2.24) is 0 Å². The van der Waals surface area contributed by atoms with Gasteiger partial charge in [-0.05, 0) is 0 Å². The van der Waals surface area contributed by atoms with Gasteiger partial charge in [0, 0.05) is 21.8 Å². The van der Waals surface area contributed by atoms with E-state index in [1.54, 1.807) is 0 Å². The molecule has 18 heteroatoms. The lowest BCUT2D eigenvalue weighted by Gasteiger charge is -2.23. The standard InChI is InChI=1S/2C10H18O8S/c2*11-1-6-7(14)4(12)2-19(6)3-5(13)8(15)9(16)10(17)18/h2*4-9,11-16H,1-3H2/t4-,5+,6-,7+,8+,9+,19?;4-,5-,6-,7+,8?,9-,19?/m01/s1. The minimum atomic E-state index is -2.22. The van der Waals surface area contributed by atoms with Crippen LogP contribution in [-0.4, -0.2) is 181 Å². The lowest BCUT2D eigenvalue weighted by Crippen LogP contribution is -2.51. The minimum Gasteiger partial charge on any atom is -0.547 e. The summed E-state index contributed by atoms with van der Waals surface area (Å²) in [5, 5.41) is 132. The van der Waals surface area contributed by atoms with E-state index >= 15 is 0 Å². The summed E-state index contributed by atoms with van der Waals surface area (Å²) >= 11 is 0. The van der Waals surface area contributed by atoms with Crippen LogP contribution in [0.25, 0.3) is 0 Å². The van der Waals surface area contributed by atoms with Crippen LogP contribution in [0.3, 0.4) is 0 Å². The van der Waals surface area contributed by atoms with Gasteiger partial charge in [0.2, 0.25) is 0 Å². The van der Waals surface area contributed by atoms with Crippen molar-refractivity contribution in [1.29, 1.82) is 0 Å². The molecule has 16 nitrogen and oxygen atoms in total. The van der Waals surface area contributed by atoms with Gasteiger partial charge in [0.15, 0.2) is 10.5 Å². The van der Waals surface area contributed by atoms with E-state index in [0.717, 1.165) is 0 Å². The number of aliphatic hydroxyl groups is 12. The number of aliphatic carboxylic acids is 2. The fourth-order valence-corrected chi connectivity index (χ4v) is 9.30. The van der Waals surface area contributed by atoms with Crippen molar-refractivity contribution in [3.8, 4) is 0 Å². The molecule has 2 rings (SSSR count). The third kappa shape index (κ3) is 9.10. The summed E-state index contributed by atoms with van der Waals surface area (Å²) in [5.41, 5.74) is 0. The highest BCUT2D eigenvalue weighted by Crippen LogP contribution is 2.26. The normalized spacial score (nSPS) is 35.9. The highest BCUT2D eigenvalue weighted by molar-refractivity contribution is 7.98. The van der Waals surface area contributed by atoms with Crippen molar-refractivity contribution >= 4 is 33.7 Å². The lowest BCUT2D eigenvalue weighted by molar-refractivity contribution is -0.320. The molecule has 2 saturated heterocycles. The molecule has 0 amide bonds. The van der Waals surface area contributed by atoms with Gasteiger partial charge in [0.05, 0.1) is 25.2 Å². The van der Waals surface area contributed by atoms with Crippen LogP contribution in [-0.2, 0) is 31.4 Å². The van der Waals surface area contributed by atoms with Crippen LogP contribution in [0.4, 0.5) is 0 Å². The number of carbonyl (C=O) groups is 2. The Morgan fingerprint density at radius 2 is 0.947 bits per heavy atom. The van der Waals surface area contributed by atoms with Crippen LogP contribution in [0.1, 0.15) is 0 Å². The monoisotopic (exact) mass is 596 g/mol. The Kier molecular flexibility index (Phi) is 14.6. The average molecular weight is 597 g/mol. The summed E-state index contributed by atoms with van der Waals surface area (Å²) in [6.07, 6.45) is -15.7. The quantitative estimate of drug-likeness (QED) is 0.0930. The molecule has 14 atom stereocenters. The Balaban J connectivity index is 0.000000380. The van der Waals surface area contributed by atoms with Gasteiger partial charge in [-0.25, -0.2) is 0 Å². The summed E-state index contributed by atoms with van der Waals surface area (Å²) < 4.78 is 0. The van der Waals surface area contributed by atoms with E-state index in [0.29, 0.717) is 0 Å². The van der Waals surface area contributed by atoms with Crippen molar-refractivity contribution in [2.24, 2.45) is 0 Å².